The van der Waals surface area contributed by atoms with Gasteiger partial charge in [0.05, 0.1) is 6.07 Å². The first-order valence-corrected chi connectivity index (χ1v) is 6.46. The Balaban J connectivity index is 2.99. The van der Waals surface area contributed by atoms with Crippen molar-refractivity contribution in [3.63, 3.8) is 0 Å². The molecule has 0 amide bonds. The van der Waals surface area contributed by atoms with Crippen LogP contribution in [0.25, 0.3) is 0 Å². The normalized spacial score (nSPS) is 10.8. The molecular formula is C10H16N6S. The van der Waals surface area contributed by atoms with Crippen LogP contribution in [0.15, 0.2) is 5.16 Å². The smallest absolute Gasteiger partial charge is 0.229 e. The second-order valence-corrected chi connectivity index (χ2v) is 4.63. The number of hydrogen-bond acceptors (Lipinski definition) is 7. The van der Waals surface area contributed by atoms with E-state index >= 15 is 0 Å². The third-order valence-corrected chi connectivity index (χ3v) is 2.38. The van der Waals surface area contributed by atoms with Gasteiger partial charge in [0.15, 0.2) is 5.16 Å². The van der Waals surface area contributed by atoms with Gasteiger partial charge in [0.1, 0.15) is 5.54 Å². The highest BCUT2D eigenvalue weighted by atomic mass is 32.2. The van der Waals surface area contributed by atoms with Crippen LogP contribution >= 0.6 is 11.8 Å². The van der Waals surface area contributed by atoms with Crippen LogP contribution in [-0.4, -0.2) is 33.3 Å². The van der Waals surface area contributed by atoms with Crippen LogP contribution in [0, 0.1) is 11.3 Å². The van der Waals surface area contributed by atoms with Crippen LogP contribution < -0.4 is 10.6 Å². The quantitative estimate of drug-likeness (QED) is 0.772. The zero-order valence-corrected chi connectivity index (χ0v) is 11.2. The molecule has 2 N–H and O–H groups in total. The summed E-state index contributed by atoms with van der Waals surface area (Å²) in [4.78, 5) is 12.6. The monoisotopic (exact) mass is 252 g/mol. The fourth-order valence-corrected chi connectivity index (χ4v) is 1.40. The second kappa shape index (κ2) is 5.68. The Morgan fingerprint density at radius 2 is 1.94 bits per heavy atom. The highest BCUT2D eigenvalue weighted by molar-refractivity contribution is 7.98. The molecule has 0 bridgehead atoms. The maximum Gasteiger partial charge on any atom is 0.229 e. The van der Waals surface area contributed by atoms with Gasteiger partial charge in [-0.05, 0) is 27.0 Å². The van der Waals surface area contributed by atoms with Crippen molar-refractivity contribution >= 4 is 23.7 Å². The number of nitriles is 1. The van der Waals surface area contributed by atoms with Crippen LogP contribution in [0.1, 0.15) is 20.8 Å². The van der Waals surface area contributed by atoms with Crippen LogP contribution in [0.4, 0.5) is 11.9 Å². The van der Waals surface area contributed by atoms with Gasteiger partial charge < -0.3 is 10.6 Å². The van der Waals surface area contributed by atoms with Crippen molar-refractivity contribution in [2.75, 3.05) is 23.4 Å². The number of nitrogens with zero attached hydrogens (tertiary/aromatic N) is 4. The Morgan fingerprint density at radius 1 is 1.29 bits per heavy atom. The van der Waals surface area contributed by atoms with Crippen molar-refractivity contribution in [3.8, 4) is 6.07 Å². The molecule has 92 valence electrons. The van der Waals surface area contributed by atoms with Crippen molar-refractivity contribution < 1.29 is 0 Å². The number of thioether (sulfide) groups is 1. The minimum Gasteiger partial charge on any atom is -0.354 e. The second-order valence-electron chi connectivity index (χ2n) is 3.86. The Labute approximate surface area is 105 Å². The molecule has 0 radical (unpaired) electrons. The van der Waals surface area contributed by atoms with Crippen LogP contribution in [0.5, 0.6) is 0 Å². The molecule has 0 saturated heterocycles. The van der Waals surface area contributed by atoms with E-state index in [0.717, 1.165) is 6.54 Å². The molecule has 0 aromatic carbocycles. The molecule has 0 spiro atoms. The fraction of sp³-hybridized carbons (Fsp3) is 0.600. The third-order valence-electron chi connectivity index (χ3n) is 1.84. The summed E-state index contributed by atoms with van der Waals surface area (Å²) in [6.45, 7) is 6.23. The van der Waals surface area contributed by atoms with Gasteiger partial charge in [0.2, 0.25) is 11.9 Å². The Hall–Kier alpha value is -1.55. The molecule has 1 aromatic rings. The standard InChI is InChI=1S/C10H16N6S/c1-5-12-7-13-8(15-9(14-7)17-4)16-10(2,3)6-11/h5H2,1-4H3,(H2,12,13,14,15,16). The molecule has 0 aliphatic rings. The summed E-state index contributed by atoms with van der Waals surface area (Å²) in [7, 11) is 0. The SMILES string of the molecule is CCNc1nc(NC(C)(C)C#N)nc(SC)n1. The number of nitrogens with one attached hydrogen (secondary N) is 2. The zero-order valence-electron chi connectivity index (χ0n) is 10.4. The van der Waals surface area contributed by atoms with Crippen molar-refractivity contribution in [3.05, 3.63) is 0 Å². The summed E-state index contributed by atoms with van der Waals surface area (Å²) in [6, 6.07) is 2.14. The molecule has 0 aliphatic carbocycles. The molecule has 1 aromatic heterocycles. The van der Waals surface area contributed by atoms with E-state index in [9.17, 15) is 0 Å². The van der Waals surface area contributed by atoms with Gasteiger partial charge in [0, 0.05) is 6.54 Å². The van der Waals surface area contributed by atoms with E-state index in [1.54, 1.807) is 13.8 Å². The molecule has 1 rings (SSSR count). The zero-order chi connectivity index (χ0) is 12.9. The lowest BCUT2D eigenvalue weighted by atomic mass is 10.1. The van der Waals surface area contributed by atoms with Gasteiger partial charge in [0.25, 0.3) is 0 Å². The van der Waals surface area contributed by atoms with Gasteiger partial charge in [-0.15, -0.1) is 0 Å². The largest absolute Gasteiger partial charge is 0.354 e. The summed E-state index contributed by atoms with van der Waals surface area (Å²) < 4.78 is 0. The lowest BCUT2D eigenvalue weighted by Crippen LogP contribution is -2.30. The first kappa shape index (κ1) is 13.5. The van der Waals surface area contributed by atoms with Gasteiger partial charge in [-0.25, -0.2) is 0 Å². The van der Waals surface area contributed by atoms with Crippen LogP contribution in [0.2, 0.25) is 0 Å². The van der Waals surface area contributed by atoms with E-state index in [1.807, 2.05) is 13.2 Å². The first-order chi connectivity index (χ1) is 8.00. The lowest BCUT2D eigenvalue weighted by molar-refractivity contribution is 0.709. The van der Waals surface area contributed by atoms with E-state index in [0.29, 0.717) is 17.1 Å². The fourth-order valence-electron chi connectivity index (χ4n) is 1.05. The van der Waals surface area contributed by atoms with Crippen LogP contribution in [0.3, 0.4) is 0 Å². The molecule has 1 heterocycles. The number of anilines is 2. The van der Waals surface area contributed by atoms with E-state index in [-0.39, 0.29) is 0 Å². The lowest BCUT2D eigenvalue weighted by Gasteiger charge is -2.17. The molecule has 0 fully saturated rings. The van der Waals surface area contributed by atoms with E-state index in [1.165, 1.54) is 11.8 Å². The molecule has 6 nitrogen and oxygen atoms in total. The summed E-state index contributed by atoms with van der Waals surface area (Å²) in [5.41, 5.74) is -0.708. The predicted octanol–water partition coefficient (Wildman–Crippen LogP) is 1.74. The topological polar surface area (TPSA) is 86.5 Å². The predicted molar refractivity (Wildman–Crippen MR) is 69.1 cm³/mol. The third kappa shape index (κ3) is 4.07. The van der Waals surface area contributed by atoms with Gasteiger partial charge in [-0.1, -0.05) is 11.8 Å². The van der Waals surface area contributed by atoms with Gasteiger partial charge >= 0.3 is 0 Å². The van der Waals surface area contributed by atoms with Crippen molar-refractivity contribution in [1.29, 1.82) is 5.26 Å². The van der Waals surface area contributed by atoms with E-state index in [4.69, 9.17) is 5.26 Å². The molecule has 0 aliphatic heterocycles. The molecule has 7 heteroatoms. The maximum atomic E-state index is 8.95. The van der Waals surface area contributed by atoms with Crippen molar-refractivity contribution in [2.45, 2.75) is 31.5 Å². The highest BCUT2D eigenvalue weighted by Gasteiger charge is 2.18. The maximum absolute atomic E-state index is 8.95. The molecule has 17 heavy (non-hydrogen) atoms. The van der Waals surface area contributed by atoms with Gasteiger partial charge in [-0.3, -0.25) is 0 Å². The Bertz CT molecular complexity index is 425. The molecular weight excluding hydrogens is 236 g/mol. The summed E-state index contributed by atoms with van der Waals surface area (Å²) >= 11 is 1.43. The minimum atomic E-state index is -0.708. The molecule has 0 saturated carbocycles. The minimum absolute atomic E-state index is 0.409. The Kier molecular flexibility index (Phi) is 4.52. The van der Waals surface area contributed by atoms with Crippen LogP contribution in [-0.2, 0) is 0 Å². The van der Waals surface area contributed by atoms with E-state index < -0.39 is 5.54 Å². The number of rotatable bonds is 5. The number of hydrogen-bond donors (Lipinski definition) is 2. The highest BCUT2D eigenvalue weighted by Crippen LogP contribution is 2.16. The molecule has 0 unspecified atom stereocenters. The van der Waals surface area contributed by atoms with Crippen molar-refractivity contribution in [1.82, 2.24) is 15.0 Å². The van der Waals surface area contributed by atoms with E-state index in [2.05, 4.69) is 31.7 Å². The average Bonchev–Trinajstić information content (AvgIpc) is 2.28. The summed E-state index contributed by atoms with van der Waals surface area (Å²) in [6.07, 6.45) is 1.89. The Morgan fingerprint density at radius 3 is 2.47 bits per heavy atom. The molecule has 0 atom stereocenters. The average molecular weight is 252 g/mol. The summed E-state index contributed by atoms with van der Waals surface area (Å²) in [5, 5.41) is 15.6. The summed E-state index contributed by atoms with van der Waals surface area (Å²) in [5.74, 6) is 0.926. The first-order valence-electron chi connectivity index (χ1n) is 5.24. The van der Waals surface area contributed by atoms with Crippen molar-refractivity contribution in [2.24, 2.45) is 0 Å². The number of aromatic nitrogens is 3. The van der Waals surface area contributed by atoms with Gasteiger partial charge in [-0.2, -0.15) is 20.2 Å².